The third kappa shape index (κ3) is 3.55. The molecule has 1 aliphatic heterocycles. The van der Waals surface area contributed by atoms with E-state index in [0.29, 0.717) is 11.2 Å². The third-order valence-corrected chi connectivity index (χ3v) is 7.85. The Morgan fingerprint density at radius 2 is 2.24 bits per heavy atom. The van der Waals surface area contributed by atoms with Gasteiger partial charge in [0.05, 0.1) is 5.69 Å². The Morgan fingerprint density at radius 3 is 3.03 bits per heavy atom. The standard InChI is InChI=1S/C21H24BrN5OS/c1-14-18(28-13-23-14)19-24-25-20(26(19)2)29-8-4-7-27-11-16-10-21(16,12-27)15-5-3-6-17(22)9-15/h3,5-6,9,13,16H,4,7-8,10-12H2,1-2H3/t16-,21+/m0/s1. The van der Waals surface area contributed by atoms with Crippen molar-refractivity contribution in [2.45, 2.75) is 30.3 Å². The molecule has 0 spiro atoms. The molecule has 6 nitrogen and oxygen atoms in total. The summed E-state index contributed by atoms with van der Waals surface area (Å²) >= 11 is 5.38. The van der Waals surface area contributed by atoms with Crippen molar-refractivity contribution in [2.75, 3.05) is 25.4 Å². The molecule has 2 atom stereocenters. The van der Waals surface area contributed by atoms with Crippen LogP contribution in [0.1, 0.15) is 24.1 Å². The second-order valence-corrected chi connectivity index (χ2v) is 10.1. The summed E-state index contributed by atoms with van der Waals surface area (Å²) in [5, 5.41) is 9.54. The second kappa shape index (κ2) is 7.56. The number of oxazole rings is 1. The van der Waals surface area contributed by atoms with Crippen LogP contribution in [0.5, 0.6) is 0 Å². The number of halogens is 1. The fourth-order valence-corrected chi connectivity index (χ4v) is 5.84. The zero-order valence-electron chi connectivity index (χ0n) is 16.6. The highest BCUT2D eigenvalue weighted by atomic mass is 79.9. The molecule has 5 rings (SSSR count). The number of thioether (sulfide) groups is 1. The van der Waals surface area contributed by atoms with Gasteiger partial charge in [0.15, 0.2) is 17.3 Å². The number of hydrogen-bond donors (Lipinski definition) is 0. The maximum Gasteiger partial charge on any atom is 0.202 e. The summed E-state index contributed by atoms with van der Waals surface area (Å²) < 4.78 is 8.63. The molecule has 3 heterocycles. The lowest BCUT2D eigenvalue weighted by atomic mass is 9.95. The zero-order chi connectivity index (χ0) is 20.0. The summed E-state index contributed by atoms with van der Waals surface area (Å²) in [4.78, 5) is 6.78. The summed E-state index contributed by atoms with van der Waals surface area (Å²) in [6, 6.07) is 8.88. The lowest BCUT2D eigenvalue weighted by Crippen LogP contribution is -2.27. The molecule has 1 aliphatic carbocycles. The average Bonchev–Trinajstić information content (AvgIpc) is 3.01. The molecule has 152 valence electrons. The highest BCUT2D eigenvalue weighted by Gasteiger charge is 2.60. The van der Waals surface area contributed by atoms with Crippen molar-refractivity contribution in [2.24, 2.45) is 13.0 Å². The number of rotatable bonds is 7. The van der Waals surface area contributed by atoms with Crippen LogP contribution in [-0.2, 0) is 12.5 Å². The van der Waals surface area contributed by atoms with E-state index in [1.165, 1.54) is 35.9 Å². The Bertz CT molecular complexity index is 1030. The summed E-state index contributed by atoms with van der Waals surface area (Å²) in [7, 11) is 1.98. The van der Waals surface area contributed by atoms with Gasteiger partial charge in [-0.1, -0.05) is 39.8 Å². The first kappa shape index (κ1) is 19.3. The lowest BCUT2D eigenvalue weighted by molar-refractivity contribution is 0.299. The SMILES string of the molecule is Cc1ncoc1-c1nnc(SCCCN2C[C@@H]3C[C@]3(c3cccc(Br)c3)C2)n1C. The molecule has 2 aromatic heterocycles. The fourth-order valence-electron chi connectivity index (χ4n) is 4.61. The van der Waals surface area contributed by atoms with Crippen molar-refractivity contribution < 1.29 is 4.42 Å². The number of fused-ring (bicyclic) bond motifs is 1. The van der Waals surface area contributed by atoms with Crippen molar-refractivity contribution in [3.05, 3.63) is 46.4 Å². The van der Waals surface area contributed by atoms with Crippen molar-refractivity contribution in [1.82, 2.24) is 24.6 Å². The van der Waals surface area contributed by atoms with Gasteiger partial charge in [-0.3, -0.25) is 0 Å². The number of likely N-dealkylation sites (tertiary alicyclic amines) is 1. The van der Waals surface area contributed by atoms with Crippen LogP contribution in [0.4, 0.5) is 0 Å². The molecule has 0 radical (unpaired) electrons. The minimum atomic E-state index is 0.407. The van der Waals surface area contributed by atoms with Gasteiger partial charge in [-0.25, -0.2) is 4.98 Å². The van der Waals surface area contributed by atoms with Crippen molar-refractivity contribution in [3.8, 4) is 11.6 Å². The van der Waals surface area contributed by atoms with Crippen LogP contribution < -0.4 is 0 Å². The summed E-state index contributed by atoms with van der Waals surface area (Å²) in [6.45, 7) is 5.49. The monoisotopic (exact) mass is 473 g/mol. The lowest BCUT2D eigenvalue weighted by Gasteiger charge is -2.21. The van der Waals surface area contributed by atoms with Crippen LogP contribution in [0, 0.1) is 12.8 Å². The van der Waals surface area contributed by atoms with Crippen molar-refractivity contribution in [3.63, 3.8) is 0 Å². The molecule has 3 aromatic rings. The number of hydrogen-bond acceptors (Lipinski definition) is 6. The van der Waals surface area contributed by atoms with Crippen LogP contribution >= 0.6 is 27.7 Å². The van der Waals surface area contributed by atoms with E-state index in [9.17, 15) is 0 Å². The van der Waals surface area contributed by atoms with E-state index in [-0.39, 0.29) is 0 Å². The van der Waals surface area contributed by atoms with Gasteiger partial charge in [-0.2, -0.15) is 0 Å². The maximum atomic E-state index is 5.45. The summed E-state index contributed by atoms with van der Waals surface area (Å²) in [5.41, 5.74) is 2.75. The molecule has 2 aliphatic rings. The molecular weight excluding hydrogens is 450 g/mol. The van der Waals surface area contributed by atoms with Crippen molar-refractivity contribution >= 4 is 27.7 Å². The van der Waals surface area contributed by atoms with E-state index >= 15 is 0 Å². The van der Waals surface area contributed by atoms with E-state index in [1.807, 2.05) is 18.5 Å². The second-order valence-electron chi connectivity index (χ2n) is 8.14. The molecule has 1 saturated carbocycles. The molecule has 0 N–H and O–H groups in total. The Hall–Kier alpha value is -1.64. The number of aromatic nitrogens is 4. The molecule has 1 saturated heterocycles. The van der Waals surface area contributed by atoms with Gasteiger partial charge in [0, 0.05) is 35.8 Å². The first-order chi connectivity index (χ1) is 14.1. The Morgan fingerprint density at radius 1 is 1.34 bits per heavy atom. The number of piperidine rings is 1. The average molecular weight is 474 g/mol. The highest BCUT2D eigenvalue weighted by Crippen LogP contribution is 2.59. The minimum absolute atomic E-state index is 0.407. The van der Waals surface area contributed by atoms with E-state index in [2.05, 4.69) is 60.3 Å². The van der Waals surface area contributed by atoms with Crippen LogP contribution in [0.15, 0.2) is 44.7 Å². The summed E-state index contributed by atoms with van der Waals surface area (Å²) in [6.07, 6.45) is 3.95. The molecule has 2 fully saturated rings. The molecule has 1 aromatic carbocycles. The minimum Gasteiger partial charge on any atom is -0.440 e. The van der Waals surface area contributed by atoms with E-state index in [0.717, 1.165) is 41.3 Å². The largest absolute Gasteiger partial charge is 0.440 e. The first-order valence-electron chi connectivity index (χ1n) is 9.98. The number of nitrogens with zero attached hydrogens (tertiary/aromatic N) is 5. The van der Waals surface area contributed by atoms with Gasteiger partial charge < -0.3 is 13.9 Å². The predicted octanol–water partition coefficient (Wildman–Crippen LogP) is 4.30. The first-order valence-corrected chi connectivity index (χ1v) is 11.8. The smallest absolute Gasteiger partial charge is 0.202 e. The molecular formula is C21H24BrN5OS. The molecule has 0 amide bonds. The Balaban J connectivity index is 1.13. The molecule has 8 heteroatoms. The van der Waals surface area contributed by atoms with Gasteiger partial charge in [-0.15, -0.1) is 10.2 Å². The fraction of sp³-hybridized carbons (Fsp3) is 0.476. The van der Waals surface area contributed by atoms with Gasteiger partial charge in [0.1, 0.15) is 0 Å². The highest BCUT2D eigenvalue weighted by molar-refractivity contribution is 9.10. The topological polar surface area (TPSA) is 60.0 Å². The van der Waals surface area contributed by atoms with Gasteiger partial charge in [0.2, 0.25) is 5.82 Å². The van der Waals surface area contributed by atoms with Crippen molar-refractivity contribution in [1.29, 1.82) is 0 Å². The molecule has 0 unspecified atom stereocenters. The van der Waals surface area contributed by atoms with Gasteiger partial charge >= 0.3 is 0 Å². The van der Waals surface area contributed by atoms with Crippen LogP contribution in [0.2, 0.25) is 0 Å². The summed E-state index contributed by atoms with van der Waals surface area (Å²) in [5.74, 6) is 3.29. The Labute approximate surface area is 183 Å². The Kier molecular flexibility index (Phi) is 5.04. The van der Waals surface area contributed by atoms with Gasteiger partial charge in [0.25, 0.3) is 0 Å². The predicted molar refractivity (Wildman–Crippen MR) is 117 cm³/mol. The van der Waals surface area contributed by atoms with Crippen LogP contribution in [0.3, 0.4) is 0 Å². The number of aryl methyl sites for hydroxylation is 1. The zero-order valence-corrected chi connectivity index (χ0v) is 19.0. The van der Waals surface area contributed by atoms with E-state index in [4.69, 9.17) is 4.42 Å². The quantitative estimate of drug-likeness (QED) is 0.376. The van der Waals surface area contributed by atoms with Crippen LogP contribution in [0.25, 0.3) is 11.6 Å². The number of benzene rings is 1. The van der Waals surface area contributed by atoms with E-state index in [1.54, 1.807) is 11.8 Å². The van der Waals surface area contributed by atoms with E-state index < -0.39 is 0 Å². The van der Waals surface area contributed by atoms with Crippen LogP contribution in [-0.4, -0.2) is 50.0 Å². The normalized spacial score (nSPS) is 23.5. The van der Waals surface area contributed by atoms with Gasteiger partial charge in [-0.05, 0) is 49.9 Å². The molecule has 0 bridgehead atoms. The third-order valence-electron chi connectivity index (χ3n) is 6.25. The molecule has 29 heavy (non-hydrogen) atoms. The maximum absolute atomic E-state index is 5.45.